The molecule has 0 saturated heterocycles. The van der Waals surface area contributed by atoms with Crippen LogP contribution in [0.25, 0.3) is 0 Å². The largest absolute Gasteiger partial charge is 0.497 e. The summed E-state index contributed by atoms with van der Waals surface area (Å²) in [4.78, 5) is 0. The van der Waals surface area contributed by atoms with Gasteiger partial charge in [0.2, 0.25) is 0 Å². The highest BCUT2D eigenvalue weighted by Crippen LogP contribution is 2.57. The predicted octanol–water partition coefficient (Wildman–Crippen LogP) is 2.44. The predicted molar refractivity (Wildman–Crippen MR) is 51.5 cm³/mol. The Morgan fingerprint density at radius 1 is 1.27 bits per heavy atom. The molecule has 0 radical (unpaired) electrons. The molecule has 2 rings (SSSR count). The van der Waals surface area contributed by atoms with E-state index in [1.807, 2.05) is 0 Å². The molecule has 0 bridgehead atoms. The van der Waals surface area contributed by atoms with Gasteiger partial charge in [-0.15, -0.1) is 0 Å². The fourth-order valence-corrected chi connectivity index (χ4v) is 1.82. The highest BCUT2D eigenvalue weighted by Gasteiger charge is 2.69. The van der Waals surface area contributed by atoms with Crippen molar-refractivity contribution in [3.8, 4) is 5.75 Å². The minimum atomic E-state index is -2.75. The Bertz CT molecular complexity index is 365. The lowest BCUT2D eigenvalue weighted by atomic mass is 10.1. The lowest BCUT2D eigenvalue weighted by Gasteiger charge is -2.02. The molecule has 1 saturated carbocycles. The van der Waals surface area contributed by atoms with Gasteiger partial charge in [-0.25, -0.2) is 8.78 Å². The molecule has 0 unspecified atom stereocenters. The van der Waals surface area contributed by atoms with Crippen LogP contribution in [0.1, 0.15) is 11.5 Å². The van der Waals surface area contributed by atoms with Crippen LogP contribution in [0.4, 0.5) is 8.78 Å². The van der Waals surface area contributed by atoms with Crippen molar-refractivity contribution in [2.75, 3.05) is 14.2 Å². The number of benzene rings is 1. The lowest BCUT2D eigenvalue weighted by molar-refractivity contribution is 0.0346. The van der Waals surface area contributed by atoms with Crippen LogP contribution in [0.3, 0.4) is 0 Å². The third-order valence-electron chi connectivity index (χ3n) is 2.69. The lowest BCUT2D eigenvalue weighted by Crippen LogP contribution is -1.99. The number of hydrogen-bond acceptors (Lipinski definition) is 2. The SMILES string of the molecule is COc1cccc([C@H]2[C@H](OC)C2(F)F)c1. The normalized spacial score (nSPS) is 27.5. The number of ether oxygens (including phenoxy) is 2. The summed E-state index contributed by atoms with van der Waals surface area (Å²) in [5.41, 5.74) is 0.561. The van der Waals surface area contributed by atoms with Gasteiger partial charge in [0.05, 0.1) is 13.0 Å². The van der Waals surface area contributed by atoms with Crippen LogP contribution in [0.15, 0.2) is 24.3 Å². The first-order valence-electron chi connectivity index (χ1n) is 4.66. The Kier molecular flexibility index (Phi) is 2.38. The van der Waals surface area contributed by atoms with E-state index in [-0.39, 0.29) is 0 Å². The molecule has 0 heterocycles. The van der Waals surface area contributed by atoms with Gasteiger partial charge in [0, 0.05) is 7.11 Å². The first-order valence-corrected chi connectivity index (χ1v) is 4.66. The molecule has 0 aliphatic heterocycles. The molecule has 1 fully saturated rings. The van der Waals surface area contributed by atoms with E-state index >= 15 is 0 Å². The van der Waals surface area contributed by atoms with E-state index < -0.39 is 17.9 Å². The second kappa shape index (κ2) is 3.45. The third kappa shape index (κ3) is 1.59. The maximum atomic E-state index is 13.2. The van der Waals surface area contributed by atoms with Gasteiger partial charge < -0.3 is 9.47 Å². The van der Waals surface area contributed by atoms with Gasteiger partial charge in [-0.2, -0.15) is 0 Å². The smallest absolute Gasteiger partial charge is 0.283 e. The summed E-state index contributed by atoms with van der Waals surface area (Å²) >= 11 is 0. The standard InChI is InChI=1S/C11H12F2O2/c1-14-8-5-3-4-7(6-8)9-10(15-2)11(9,12)13/h3-6,9-10H,1-2H3/t9-,10-/m0/s1. The number of methoxy groups -OCH3 is 2. The van der Waals surface area contributed by atoms with E-state index in [0.717, 1.165) is 0 Å². The van der Waals surface area contributed by atoms with Crippen molar-refractivity contribution in [1.82, 2.24) is 0 Å². The summed E-state index contributed by atoms with van der Waals surface area (Å²) in [6.07, 6.45) is -0.996. The molecular weight excluding hydrogens is 202 g/mol. The zero-order chi connectivity index (χ0) is 11.1. The maximum absolute atomic E-state index is 13.2. The molecule has 2 nitrogen and oxygen atoms in total. The zero-order valence-corrected chi connectivity index (χ0v) is 8.54. The van der Waals surface area contributed by atoms with E-state index in [2.05, 4.69) is 0 Å². The van der Waals surface area contributed by atoms with E-state index in [1.54, 1.807) is 24.3 Å². The van der Waals surface area contributed by atoms with E-state index in [1.165, 1.54) is 14.2 Å². The van der Waals surface area contributed by atoms with Gasteiger partial charge >= 0.3 is 0 Å². The molecule has 4 heteroatoms. The van der Waals surface area contributed by atoms with Crippen LogP contribution < -0.4 is 4.74 Å². The first-order chi connectivity index (χ1) is 7.11. The monoisotopic (exact) mass is 214 g/mol. The Morgan fingerprint density at radius 2 is 2.00 bits per heavy atom. The Labute approximate surface area is 86.8 Å². The molecule has 0 amide bonds. The zero-order valence-electron chi connectivity index (χ0n) is 8.54. The van der Waals surface area contributed by atoms with Gasteiger partial charge in [0.1, 0.15) is 11.9 Å². The van der Waals surface area contributed by atoms with Crippen molar-refractivity contribution in [3.63, 3.8) is 0 Å². The molecule has 2 atom stereocenters. The van der Waals surface area contributed by atoms with Crippen molar-refractivity contribution >= 4 is 0 Å². The number of halogens is 2. The van der Waals surface area contributed by atoms with E-state index in [9.17, 15) is 8.78 Å². The van der Waals surface area contributed by atoms with Crippen LogP contribution in [0, 0.1) is 0 Å². The van der Waals surface area contributed by atoms with Gasteiger partial charge in [-0.1, -0.05) is 12.1 Å². The second-order valence-electron chi connectivity index (χ2n) is 3.59. The summed E-state index contributed by atoms with van der Waals surface area (Å²) in [5, 5.41) is 0. The van der Waals surface area contributed by atoms with Gasteiger partial charge in [-0.3, -0.25) is 0 Å². The van der Waals surface area contributed by atoms with Crippen LogP contribution in [-0.4, -0.2) is 26.2 Å². The maximum Gasteiger partial charge on any atom is 0.283 e. The number of hydrogen-bond donors (Lipinski definition) is 0. The number of rotatable bonds is 3. The van der Waals surface area contributed by atoms with Crippen LogP contribution in [0.5, 0.6) is 5.75 Å². The highest BCUT2D eigenvalue weighted by atomic mass is 19.3. The van der Waals surface area contributed by atoms with Crippen molar-refractivity contribution in [2.45, 2.75) is 17.9 Å². The average molecular weight is 214 g/mol. The molecular formula is C11H12F2O2. The van der Waals surface area contributed by atoms with Crippen LogP contribution >= 0.6 is 0 Å². The van der Waals surface area contributed by atoms with Crippen molar-refractivity contribution < 1.29 is 18.3 Å². The third-order valence-corrected chi connectivity index (χ3v) is 2.69. The van der Waals surface area contributed by atoms with Crippen molar-refractivity contribution in [1.29, 1.82) is 0 Å². The van der Waals surface area contributed by atoms with Gasteiger partial charge in [0.15, 0.2) is 0 Å². The summed E-state index contributed by atoms with van der Waals surface area (Å²) in [6, 6.07) is 6.72. The number of alkyl halides is 2. The van der Waals surface area contributed by atoms with E-state index in [0.29, 0.717) is 11.3 Å². The quantitative estimate of drug-likeness (QED) is 0.769. The Balaban J connectivity index is 2.24. The Hall–Kier alpha value is -1.16. The molecule has 15 heavy (non-hydrogen) atoms. The fraction of sp³-hybridized carbons (Fsp3) is 0.455. The van der Waals surface area contributed by atoms with Crippen LogP contribution in [-0.2, 0) is 4.74 Å². The van der Waals surface area contributed by atoms with E-state index in [4.69, 9.17) is 9.47 Å². The fourth-order valence-electron chi connectivity index (χ4n) is 1.82. The molecule has 1 aliphatic rings. The summed E-state index contributed by atoms with van der Waals surface area (Å²) in [7, 11) is 2.82. The highest BCUT2D eigenvalue weighted by molar-refractivity contribution is 5.38. The Morgan fingerprint density at radius 3 is 2.53 bits per heavy atom. The summed E-state index contributed by atoms with van der Waals surface area (Å²) in [6.45, 7) is 0. The molecule has 82 valence electrons. The molecule has 0 spiro atoms. The topological polar surface area (TPSA) is 18.5 Å². The molecule has 1 aliphatic carbocycles. The van der Waals surface area contributed by atoms with Crippen molar-refractivity contribution in [2.24, 2.45) is 0 Å². The summed E-state index contributed by atoms with van der Waals surface area (Å²) < 4.78 is 36.1. The van der Waals surface area contributed by atoms with Gasteiger partial charge in [0.25, 0.3) is 5.92 Å². The molecule has 0 aromatic heterocycles. The molecule has 1 aromatic carbocycles. The molecule has 1 aromatic rings. The van der Waals surface area contributed by atoms with Crippen molar-refractivity contribution in [3.05, 3.63) is 29.8 Å². The minimum Gasteiger partial charge on any atom is -0.497 e. The van der Waals surface area contributed by atoms with Crippen LogP contribution in [0.2, 0.25) is 0 Å². The average Bonchev–Trinajstić information content (AvgIpc) is 2.80. The summed E-state index contributed by atoms with van der Waals surface area (Å²) in [5.74, 6) is -3.00. The van der Waals surface area contributed by atoms with Gasteiger partial charge in [-0.05, 0) is 17.7 Å². The molecule has 0 N–H and O–H groups in total. The first kappa shape index (κ1) is 10.4. The second-order valence-corrected chi connectivity index (χ2v) is 3.59. The minimum absolute atomic E-state index is 0.561.